The van der Waals surface area contributed by atoms with Gasteiger partial charge in [0.2, 0.25) is 0 Å². The lowest BCUT2D eigenvalue weighted by Crippen LogP contribution is -2.21. The first-order chi connectivity index (χ1) is 7.56. The smallest absolute Gasteiger partial charge is 0.179 e. The average molecular weight is 219 g/mol. The zero-order valence-corrected chi connectivity index (χ0v) is 10.5. The fourth-order valence-corrected chi connectivity index (χ4v) is 1.92. The summed E-state index contributed by atoms with van der Waals surface area (Å²) in [5.74, 6) is 0.250. The van der Waals surface area contributed by atoms with Crippen LogP contribution in [0.2, 0.25) is 0 Å². The van der Waals surface area contributed by atoms with Crippen molar-refractivity contribution >= 4 is 5.78 Å². The van der Waals surface area contributed by atoms with Crippen molar-refractivity contribution in [3.63, 3.8) is 0 Å². The van der Waals surface area contributed by atoms with E-state index in [2.05, 4.69) is 6.58 Å². The number of hydrogen-bond donors (Lipinski definition) is 0. The Morgan fingerprint density at radius 1 is 1.50 bits per heavy atom. The van der Waals surface area contributed by atoms with Gasteiger partial charge in [0, 0.05) is 19.7 Å². The lowest BCUT2D eigenvalue weighted by atomic mass is 9.99. The fourth-order valence-electron chi connectivity index (χ4n) is 1.92. The zero-order valence-electron chi connectivity index (χ0n) is 10.5. The molecule has 1 heterocycles. The first-order valence-electron chi connectivity index (χ1n) is 5.88. The highest BCUT2D eigenvalue weighted by atomic mass is 16.1. The summed E-state index contributed by atoms with van der Waals surface area (Å²) in [7, 11) is 1.93. The van der Waals surface area contributed by atoms with Gasteiger partial charge in [0.05, 0.1) is 5.70 Å². The Labute approximate surface area is 98.3 Å². The molecule has 0 atom stereocenters. The molecule has 2 heteroatoms. The van der Waals surface area contributed by atoms with Gasteiger partial charge in [0.1, 0.15) is 0 Å². The van der Waals surface area contributed by atoms with Crippen LogP contribution in [0.15, 0.2) is 35.7 Å². The molecule has 2 nitrogen and oxygen atoms in total. The first kappa shape index (κ1) is 12.8. The summed E-state index contributed by atoms with van der Waals surface area (Å²) in [5, 5.41) is 0. The van der Waals surface area contributed by atoms with E-state index in [9.17, 15) is 4.79 Å². The summed E-state index contributed by atoms with van der Waals surface area (Å²) in [4.78, 5) is 13.9. The Bertz CT molecular complexity index is 350. The van der Waals surface area contributed by atoms with Crippen molar-refractivity contribution in [2.45, 2.75) is 39.5 Å². The lowest BCUT2D eigenvalue weighted by Gasteiger charge is -2.22. The Morgan fingerprint density at radius 3 is 2.81 bits per heavy atom. The van der Waals surface area contributed by atoms with Crippen LogP contribution in [0.1, 0.15) is 39.5 Å². The summed E-state index contributed by atoms with van der Waals surface area (Å²) < 4.78 is 0. The number of hydrogen-bond acceptors (Lipinski definition) is 2. The van der Waals surface area contributed by atoms with Crippen LogP contribution in [-0.2, 0) is 4.79 Å². The van der Waals surface area contributed by atoms with E-state index in [0.717, 1.165) is 30.5 Å². The molecule has 0 spiro atoms. The van der Waals surface area contributed by atoms with E-state index in [4.69, 9.17) is 0 Å². The second-order valence-corrected chi connectivity index (χ2v) is 4.39. The predicted molar refractivity (Wildman–Crippen MR) is 67.9 cm³/mol. The van der Waals surface area contributed by atoms with Crippen LogP contribution in [0.4, 0.5) is 0 Å². The minimum atomic E-state index is 0.250. The Morgan fingerprint density at radius 2 is 2.19 bits per heavy atom. The number of nitrogens with zero attached hydrogens (tertiary/aromatic N) is 1. The van der Waals surface area contributed by atoms with Crippen LogP contribution >= 0.6 is 0 Å². The Hall–Kier alpha value is -1.31. The number of carbonyl (C=O) groups is 1. The van der Waals surface area contributed by atoms with Crippen LogP contribution in [0.3, 0.4) is 0 Å². The van der Waals surface area contributed by atoms with Gasteiger partial charge in [-0.15, -0.1) is 0 Å². The van der Waals surface area contributed by atoms with Crippen LogP contribution in [0.5, 0.6) is 0 Å². The standard InChI is InChI=1S/C14H21NO/c1-5-6-13(16)14-12(3)8-7-11(2)9-10-15(14)4/h9-10H,2,5-8H2,1,3-4H3/b10-9?,14-12+. The zero-order chi connectivity index (χ0) is 12.1. The molecule has 0 aromatic heterocycles. The van der Waals surface area contributed by atoms with Crippen LogP contribution in [0.25, 0.3) is 0 Å². The number of ketones is 1. The molecule has 0 N–H and O–H groups in total. The van der Waals surface area contributed by atoms with Crippen LogP contribution in [-0.4, -0.2) is 17.7 Å². The van der Waals surface area contributed by atoms with Gasteiger partial charge in [-0.1, -0.05) is 19.1 Å². The van der Waals surface area contributed by atoms with E-state index in [0.29, 0.717) is 6.42 Å². The Balaban J connectivity index is 2.97. The molecule has 1 rings (SSSR count). The minimum absolute atomic E-state index is 0.250. The van der Waals surface area contributed by atoms with Crippen LogP contribution in [0, 0.1) is 0 Å². The summed E-state index contributed by atoms with van der Waals surface area (Å²) in [6, 6.07) is 0. The number of carbonyl (C=O) groups excluding carboxylic acids is 1. The molecule has 0 amide bonds. The van der Waals surface area contributed by atoms with Gasteiger partial charge in [-0.2, -0.15) is 0 Å². The quantitative estimate of drug-likeness (QED) is 0.725. The first-order valence-corrected chi connectivity index (χ1v) is 5.88. The molecule has 88 valence electrons. The molecular formula is C14H21NO. The molecule has 16 heavy (non-hydrogen) atoms. The largest absolute Gasteiger partial charge is 0.348 e. The topological polar surface area (TPSA) is 20.3 Å². The highest BCUT2D eigenvalue weighted by Gasteiger charge is 2.16. The molecule has 0 fully saturated rings. The molecule has 0 aliphatic carbocycles. The van der Waals surface area contributed by atoms with Crippen molar-refractivity contribution < 1.29 is 4.79 Å². The number of Topliss-reactive ketones (excluding diaryl/α,β-unsaturated/α-hetero) is 1. The molecule has 1 aliphatic rings. The molecule has 0 saturated heterocycles. The number of allylic oxidation sites excluding steroid dienone is 4. The fraction of sp³-hybridized carbons (Fsp3) is 0.500. The summed E-state index contributed by atoms with van der Waals surface area (Å²) in [6.45, 7) is 8.05. The minimum Gasteiger partial charge on any atom is -0.348 e. The van der Waals surface area contributed by atoms with Crippen molar-refractivity contribution in [2.24, 2.45) is 0 Å². The second kappa shape index (κ2) is 5.69. The van der Waals surface area contributed by atoms with Gasteiger partial charge in [-0.05, 0) is 37.8 Å². The normalized spacial score (nSPS) is 21.9. The van der Waals surface area contributed by atoms with E-state index in [1.807, 2.05) is 38.1 Å². The maximum Gasteiger partial charge on any atom is 0.179 e. The molecule has 0 saturated carbocycles. The van der Waals surface area contributed by atoms with Gasteiger partial charge in [0.25, 0.3) is 0 Å². The summed E-state index contributed by atoms with van der Waals surface area (Å²) in [6.07, 6.45) is 7.34. The SMILES string of the molecule is C=C1C=CN(C)/C(C(=O)CCC)=C(\C)CC1. The third-order valence-electron chi connectivity index (χ3n) is 2.85. The highest BCUT2D eigenvalue weighted by Crippen LogP contribution is 2.22. The van der Waals surface area contributed by atoms with Gasteiger partial charge in [-0.25, -0.2) is 0 Å². The van der Waals surface area contributed by atoms with Crippen LogP contribution < -0.4 is 0 Å². The van der Waals surface area contributed by atoms with E-state index in [1.54, 1.807) is 0 Å². The summed E-state index contributed by atoms with van der Waals surface area (Å²) in [5.41, 5.74) is 3.16. The average Bonchev–Trinajstić information content (AvgIpc) is 2.22. The predicted octanol–water partition coefficient (Wildman–Crippen LogP) is 3.43. The van der Waals surface area contributed by atoms with Crippen molar-refractivity contribution in [1.29, 1.82) is 0 Å². The highest BCUT2D eigenvalue weighted by molar-refractivity contribution is 5.95. The van der Waals surface area contributed by atoms with Gasteiger partial charge in [-0.3, -0.25) is 4.79 Å². The lowest BCUT2D eigenvalue weighted by molar-refractivity contribution is -0.116. The van der Waals surface area contributed by atoms with Gasteiger partial charge in [0.15, 0.2) is 5.78 Å². The molecular weight excluding hydrogens is 198 g/mol. The van der Waals surface area contributed by atoms with Crippen molar-refractivity contribution in [2.75, 3.05) is 7.05 Å². The third-order valence-corrected chi connectivity index (χ3v) is 2.85. The maximum absolute atomic E-state index is 12.0. The number of rotatable bonds is 3. The van der Waals surface area contributed by atoms with Gasteiger partial charge < -0.3 is 4.90 Å². The van der Waals surface area contributed by atoms with Crippen molar-refractivity contribution in [3.05, 3.63) is 35.7 Å². The molecule has 0 aromatic carbocycles. The van der Waals surface area contributed by atoms with E-state index in [-0.39, 0.29) is 5.78 Å². The van der Waals surface area contributed by atoms with E-state index >= 15 is 0 Å². The summed E-state index contributed by atoms with van der Waals surface area (Å²) >= 11 is 0. The molecule has 0 unspecified atom stereocenters. The molecule has 0 bridgehead atoms. The molecule has 0 radical (unpaired) electrons. The monoisotopic (exact) mass is 219 g/mol. The van der Waals surface area contributed by atoms with E-state index in [1.165, 1.54) is 5.57 Å². The van der Waals surface area contributed by atoms with Gasteiger partial charge >= 0.3 is 0 Å². The third kappa shape index (κ3) is 3.09. The van der Waals surface area contributed by atoms with Crippen molar-refractivity contribution in [3.8, 4) is 0 Å². The molecule has 0 aromatic rings. The Kier molecular flexibility index (Phi) is 4.53. The number of likely N-dealkylation sites (N-methyl/N-ethyl adjacent to an activating group) is 1. The maximum atomic E-state index is 12.0. The van der Waals surface area contributed by atoms with Crippen molar-refractivity contribution in [1.82, 2.24) is 4.90 Å². The second-order valence-electron chi connectivity index (χ2n) is 4.39. The van der Waals surface area contributed by atoms with E-state index < -0.39 is 0 Å². The molecule has 1 aliphatic heterocycles.